The molecule has 0 spiro atoms. The third-order valence-corrected chi connectivity index (χ3v) is 5.64. The van der Waals surface area contributed by atoms with Gasteiger partial charge in [-0.3, -0.25) is 9.59 Å². The summed E-state index contributed by atoms with van der Waals surface area (Å²) in [6, 6.07) is 4.42. The number of hydrogen-bond acceptors (Lipinski definition) is 5. The molecule has 0 aromatic heterocycles. The zero-order chi connectivity index (χ0) is 18.7. The normalized spacial score (nSPS) is 21.7. The smallest absolute Gasteiger partial charge is 0.305 e. The summed E-state index contributed by atoms with van der Waals surface area (Å²) in [4.78, 5) is 23.3. The number of hydrogen-bond donors (Lipinski definition) is 3. The number of rotatable bonds is 7. The van der Waals surface area contributed by atoms with Crippen molar-refractivity contribution < 1.29 is 27.9 Å². The molecule has 1 amide bonds. The zero-order valence-corrected chi connectivity index (χ0v) is 15.1. The van der Waals surface area contributed by atoms with Gasteiger partial charge in [0.15, 0.2) is 0 Å². The molecule has 1 saturated heterocycles. The average Bonchev–Trinajstić information content (AvgIpc) is 2.94. The number of sulfonamides is 1. The number of benzene rings is 1. The van der Waals surface area contributed by atoms with E-state index in [1.165, 1.54) is 31.2 Å². The molecular weight excluding hydrogens is 372 g/mol. The van der Waals surface area contributed by atoms with E-state index >= 15 is 0 Å². The number of halogens is 1. The maximum atomic E-state index is 12.3. The Morgan fingerprint density at radius 1 is 1.36 bits per heavy atom. The predicted molar refractivity (Wildman–Crippen MR) is 89.8 cm³/mol. The summed E-state index contributed by atoms with van der Waals surface area (Å²) in [6.45, 7) is 1.78. The Bertz CT molecular complexity index is 744. The van der Waals surface area contributed by atoms with Gasteiger partial charge in [0.25, 0.3) is 0 Å². The van der Waals surface area contributed by atoms with E-state index in [2.05, 4.69) is 10.0 Å². The highest BCUT2D eigenvalue weighted by molar-refractivity contribution is 7.89. The van der Waals surface area contributed by atoms with Gasteiger partial charge in [0.1, 0.15) is 0 Å². The fourth-order valence-corrected chi connectivity index (χ4v) is 3.85. The maximum absolute atomic E-state index is 12.3. The molecular formula is C15H19ClN2O6S. The van der Waals surface area contributed by atoms with E-state index in [9.17, 15) is 18.0 Å². The van der Waals surface area contributed by atoms with Crippen LogP contribution in [-0.4, -0.2) is 50.2 Å². The molecule has 8 nitrogen and oxygen atoms in total. The summed E-state index contributed by atoms with van der Waals surface area (Å²) in [7, 11) is -3.91. The standard InChI is InChI=1S/C15H19ClN2O6S/c1-10(18-25(22,23)12-4-2-11(16)3-5-12)14(21)17-15(8-13(19)20)6-7-24-9-15/h2-5,10,18H,6-9H2,1H3,(H,17,21)(H,19,20). The Hall–Kier alpha value is -1.68. The quantitative estimate of drug-likeness (QED) is 0.631. The van der Waals surface area contributed by atoms with Gasteiger partial charge in [-0.1, -0.05) is 11.6 Å². The molecule has 3 N–H and O–H groups in total. The van der Waals surface area contributed by atoms with Crippen LogP contribution in [0.15, 0.2) is 29.2 Å². The van der Waals surface area contributed by atoms with Crippen molar-refractivity contribution in [2.75, 3.05) is 13.2 Å². The topological polar surface area (TPSA) is 122 Å². The fourth-order valence-electron chi connectivity index (χ4n) is 2.52. The number of aliphatic carboxylic acids is 1. The van der Waals surface area contributed by atoms with Crippen molar-refractivity contribution in [2.24, 2.45) is 0 Å². The van der Waals surface area contributed by atoms with E-state index in [0.29, 0.717) is 18.1 Å². The second-order valence-electron chi connectivity index (χ2n) is 5.94. The van der Waals surface area contributed by atoms with Crippen LogP contribution < -0.4 is 10.0 Å². The van der Waals surface area contributed by atoms with Gasteiger partial charge in [0.2, 0.25) is 15.9 Å². The number of carboxylic acid groups (broad SMARTS) is 1. The van der Waals surface area contributed by atoms with Crippen molar-refractivity contribution in [1.29, 1.82) is 0 Å². The van der Waals surface area contributed by atoms with Gasteiger partial charge in [-0.15, -0.1) is 0 Å². The summed E-state index contributed by atoms with van der Waals surface area (Å²) in [5.74, 6) is -1.69. The van der Waals surface area contributed by atoms with Gasteiger partial charge in [-0.2, -0.15) is 4.72 Å². The SMILES string of the molecule is CC(NS(=O)(=O)c1ccc(Cl)cc1)C(=O)NC1(CC(=O)O)CCOC1. The van der Waals surface area contributed by atoms with Crippen LogP contribution in [0.25, 0.3) is 0 Å². The monoisotopic (exact) mass is 390 g/mol. The summed E-state index contributed by atoms with van der Waals surface area (Å²) in [5.41, 5.74) is -1.02. The third-order valence-electron chi connectivity index (χ3n) is 3.83. The first kappa shape index (κ1) is 19.6. The molecule has 1 aliphatic heterocycles. The maximum Gasteiger partial charge on any atom is 0.305 e. The molecule has 138 valence electrons. The number of carboxylic acids is 1. The number of carbonyl (C=O) groups excluding carboxylic acids is 1. The summed E-state index contributed by atoms with van der Waals surface area (Å²) >= 11 is 5.73. The molecule has 0 radical (unpaired) electrons. The van der Waals surface area contributed by atoms with Gasteiger partial charge in [-0.25, -0.2) is 8.42 Å². The zero-order valence-electron chi connectivity index (χ0n) is 13.5. The van der Waals surface area contributed by atoms with Gasteiger partial charge in [0, 0.05) is 11.6 Å². The minimum Gasteiger partial charge on any atom is -0.481 e. The molecule has 0 aliphatic carbocycles. The summed E-state index contributed by atoms with van der Waals surface area (Å²) in [5, 5.41) is 12.0. The first-order valence-corrected chi connectivity index (χ1v) is 9.39. The van der Waals surface area contributed by atoms with Crippen molar-refractivity contribution in [3.8, 4) is 0 Å². The molecule has 1 aliphatic rings. The Morgan fingerprint density at radius 2 is 2.00 bits per heavy atom. The summed E-state index contributed by atoms with van der Waals surface area (Å²) in [6.07, 6.45) is 0.0527. The van der Waals surface area contributed by atoms with E-state index in [1.54, 1.807) is 0 Å². The highest BCUT2D eigenvalue weighted by Gasteiger charge is 2.39. The van der Waals surface area contributed by atoms with E-state index in [4.69, 9.17) is 21.4 Å². The van der Waals surface area contributed by atoms with Crippen LogP contribution in [0, 0.1) is 0 Å². The minimum atomic E-state index is -3.91. The van der Waals surface area contributed by atoms with Gasteiger partial charge >= 0.3 is 5.97 Å². The van der Waals surface area contributed by atoms with Gasteiger partial charge in [-0.05, 0) is 37.6 Å². The Kier molecular flexibility index (Phi) is 6.04. The van der Waals surface area contributed by atoms with Crippen LogP contribution in [0.2, 0.25) is 5.02 Å². The second kappa shape index (κ2) is 7.69. The van der Waals surface area contributed by atoms with Crippen LogP contribution in [0.5, 0.6) is 0 Å². The molecule has 1 fully saturated rings. The van der Waals surface area contributed by atoms with Crippen molar-refractivity contribution in [1.82, 2.24) is 10.0 Å². The van der Waals surface area contributed by atoms with Crippen LogP contribution in [0.4, 0.5) is 0 Å². The summed E-state index contributed by atoms with van der Waals surface area (Å²) < 4.78 is 32.1. The lowest BCUT2D eigenvalue weighted by molar-refractivity contribution is -0.139. The number of carbonyl (C=O) groups is 2. The molecule has 0 bridgehead atoms. The third kappa shape index (κ3) is 5.15. The number of nitrogens with one attached hydrogen (secondary N) is 2. The van der Waals surface area contributed by atoms with E-state index < -0.39 is 33.5 Å². The molecule has 1 aromatic rings. The largest absolute Gasteiger partial charge is 0.481 e. The van der Waals surface area contributed by atoms with Crippen LogP contribution in [0.3, 0.4) is 0 Å². The van der Waals surface area contributed by atoms with Crippen molar-refractivity contribution >= 4 is 33.5 Å². The first-order valence-electron chi connectivity index (χ1n) is 7.53. The fraction of sp³-hybridized carbons (Fsp3) is 0.467. The van der Waals surface area contributed by atoms with Gasteiger partial charge in [0.05, 0.1) is 29.5 Å². The average molecular weight is 391 g/mol. The van der Waals surface area contributed by atoms with Gasteiger partial charge < -0.3 is 15.2 Å². The lowest BCUT2D eigenvalue weighted by Crippen LogP contribution is -2.56. The molecule has 2 atom stereocenters. The molecule has 25 heavy (non-hydrogen) atoms. The van der Waals surface area contributed by atoms with Crippen molar-refractivity contribution in [2.45, 2.75) is 36.2 Å². The highest BCUT2D eigenvalue weighted by Crippen LogP contribution is 2.23. The van der Waals surface area contributed by atoms with Crippen LogP contribution in [0.1, 0.15) is 19.8 Å². The Labute approximate surface area is 150 Å². The van der Waals surface area contributed by atoms with E-state index in [0.717, 1.165) is 0 Å². The van der Waals surface area contributed by atoms with E-state index in [-0.39, 0.29) is 17.9 Å². The van der Waals surface area contributed by atoms with Crippen molar-refractivity contribution in [3.63, 3.8) is 0 Å². The number of amides is 1. The Balaban J connectivity index is 2.06. The molecule has 10 heteroatoms. The van der Waals surface area contributed by atoms with E-state index in [1.807, 2.05) is 0 Å². The molecule has 2 rings (SSSR count). The van der Waals surface area contributed by atoms with Crippen molar-refractivity contribution in [3.05, 3.63) is 29.3 Å². The first-order chi connectivity index (χ1) is 11.6. The molecule has 2 unspecified atom stereocenters. The predicted octanol–water partition coefficient (Wildman–Crippen LogP) is 0.757. The molecule has 1 heterocycles. The lowest BCUT2D eigenvalue weighted by atomic mass is 9.94. The second-order valence-corrected chi connectivity index (χ2v) is 8.09. The van der Waals surface area contributed by atoms with Crippen LogP contribution >= 0.6 is 11.6 Å². The molecule has 0 saturated carbocycles. The highest BCUT2D eigenvalue weighted by atomic mass is 35.5. The van der Waals surface area contributed by atoms with Crippen LogP contribution in [-0.2, 0) is 24.3 Å². The lowest BCUT2D eigenvalue weighted by Gasteiger charge is -2.28. The molecule has 1 aromatic carbocycles. The minimum absolute atomic E-state index is 0.0269. The number of ether oxygens (including phenoxy) is 1. The Morgan fingerprint density at radius 3 is 2.52 bits per heavy atom.